The molecule has 1 amide bonds. The first-order valence-electron chi connectivity index (χ1n) is 8.04. The molecule has 0 saturated heterocycles. The topological polar surface area (TPSA) is 55.4 Å². The fourth-order valence-electron chi connectivity index (χ4n) is 2.00. The Hall–Kier alpha value is -2.68. The van der Waals surface area contributed by atoms with Crippen molar-refractivity contribution in [3.8, 4) is 0 Å². The highest BCUT2D eigenvalue weighted by atomic mass is 19.4. The van der Waals surface area contributed by atoms with Gasteiger partial charge in [-0.15, -0.1) is 0 Å². The van der Waals surface area contributed by atoms with E-state index in [-0.39, 0.29) is 12.2 Å². The zero-order chi connectivity index (χ0) is 25.3. The lowest BCUT2D eigenvalue weighted by Gasteiger charge is -2.38. The van der Waals surface area contributed by atoms with E-state index in [4.69, 9.17) is 0 Å². The Balaban J connectivity index is 3.24. The number of rotatable bonds is 9. The Morgan fingerprint density at radius 1 is 0.844 bits per heavy atom. The van der Waals surface area contributed by atoms with Crippen molar-refractivity contribution in [3.05, 3.63) is 29.8 Å². The van der Waals surface area contributed by atoms with Crippen molar-refractivity contribution < 1.29 is 67.0 Å². The van der Waals surface area contributed by atoms with Crippen LogP contribution in [-0.4, -0.2) is 54.5 Å². The maximum atomic E-state index is 13.7. The fourth-order valence-corrected chi connectivity index (χ4v) is 2.00. The number of anilines is 1. The Bertz CT molecular complexity index is 839. The maximum absolute atomic E-state index is 13.7. The molecule has 4 nitrogen and oxygen atoms in total. The first-order valence-corrected chi connectivity index (χ1v) is 8.04. The van der Waals surface area contributed by atoms with Gasteiger partial charge in [-0.3, -0.25) is 4.79 Å². The molecule has 0 aliphatic heterocycles. The molecule has 1 N–H and O–H groups in total. The largest absolute Gasteiger partial charge is 0.462 e. The predicted molar refractivity (Wildman–Crippen MR) is 81.8 cm³/mol. The lowest BCUT2D eigenvalue weighted by molar-refractivity contribution is -0.406. The summed E-state index contributed by atoms with van der Waals surface area (Å²) in [6.07, 6.45) is -5.64. The molecule has 0 radical (unpaired) electrons. The molecule has 16 heteroatoms. The van der Waals surface area contributed by atoms with E-state index in [0.29, 0.717) is 12.1 Å². The number of nitrogens with one attached hydrogen (secondary N) is 1. The zero-order valence-corrected chi connectivity index (χ0v) is 15.4. The van der Waals surface area contributed by atoms with E-state index in [1.807, 2.05) is 0 Å². The summed E-state index contributed by atoms with van der Waals surface area (Å²) in [5, 5.41) is 0.937. The summed E-state index contributed by atoms with van der Waals surface area (Å²) in [5.74, 6) is -41.3. The summed E-state index contributed by atoms with van der Waals surface area (Å²) < 4.78 is 162. The highest BCUT2D eigenvalue weighted by Crippen LogP contribution is 2.58. The molecule has 182 valence electrons. The van der Waals surface area contributed by atoms with E-state index in [9.17, 15) is 62.3 Å². The Morgan fingerprint density at radius 2 is 1.31 bits per heavy atom. The summed E-state index contributed by atoms with van der Waals surface area (Å²) in [6, 6.07) is 2.85. The van der Waals surface area contributed by atoms with Crippen molar-refractivity contribution in [2.45, 2.75) is 43.0 Å². The van der Waals surface area contributed by atoms with Crippen LogP contribution >= 0.6 is 0 Å². The van der Waals surface area contributed by atoms with Crippen molar-refractivity contribution in [2.75, 3.05) is 11.9 Å². The molecule has 0 saturated carbocycles. The molecule has 1 aromatic rings. The quantitative estimate of drug-likeness (QED) is 0.378. The third-order valence-electron chi connectivity index (χ3n) is 3.81. The number of hydrogen-bond donors (Lipinski definition) is 1. The van der Waals surface area contributed by atoms with Crippen LogP contribution in [0.2, 0.25) is 0 Å². The van der Waals surface area contributed by atoms with Gasteiger partial charge in [0.2, 0.25) is 0 Å². The van der Waals surface area contributed by atoms with Crippen molar-refractivity contribution in [1.29, 1.82) is 0 Å². The third-order valence-corrected chi connectivity index (χ3v) is 3.81. The van der Waals surface area contributed by atoms with E-state index >= 15 is 0 Å². The van der Waals surface area contributed by atoms with E-state index in [0.717, 1.165) is 17.4 Å². The highest BCUT2D eigenvalue weighted by molar-refractivity contribution is 5.97. The van der Waals surface area contributed by atoms with Gasteiger partial charge in [0.25, 0.3) is 0 Å². The van der Waals surface area contributed by atoms with Gasteiger partial charge in [0, 0.05) is 5.69 Å². The van der Waals surface area contributed by atoms with Gasteiger partial charge in [-0.05, 0) is 31.2 Å². The zero-order valence-electron chi connectivity index (χ0n) is 15.4. The van der Waals surface area contributed by atoms with Gasteiger partial charge in [0.15, 0.2) is 0 Å². The monoisotopic (exact) mass is 493 g/mol. The molecule has 0 bridgehead atoms. The second-order valence-corrected chi connectivity index (χ2v) is 5.97. The number of carbonyl (C=O) groups is 2. The minimum atomic E-state index is -7.81. The van der Waals surface area contributed by atoms with E-state index in [2.05, 4.69) is 4.74 Å². The van der Waals surface area contributed by atoms with Gasteiger partial charge in [-0.25, -0.2) is 13.6 Å². The number of halogens is 12. The van der Waals surface area contributed by atoms with E-state index in [1.54, 1.807) is 0 Å². The molecule has 0 unspecified atom stereocenters. The van der Waals surface area contributed by atoms with Crippen molar-refractivity contribution in [1.82, 2.24) is 0 Å². The molecule has 0 spiro atoms. The van der Waals surface area contributed by atoms with Crippen LogP contribution in [0.4, 0.5) is 58.4 Å². The molecule has 32 heavy (non-hydrogen) atoms. The molecule has 0 fully saturated rings. The molecule has 0 atom stereocenters. The van der Waals surface area contributed by atoms with Crippen LogP contribution in [0.5, 0.6) is 0 Å². The lowest BCUT2D eigenvalue weighted by atomic mass is 9.94. The first kappa shape index (κ1) is 27.4. The van der Waals surface area contributed by atoms with Gasteiger partial charge in [0.1, 0.15) is 0 Å². The molecule has 1 rings (SSSR count). The SMILES string of the molecule is CCOC(=O)c1ccc(NC(=O)C(F)(F)C(F)(F)C(F)(F)C(F)(F)C(F)(F)C(F)F)cc1. The predicted octanol–water partition coefficient (Wildman–Crippen LogP) is 5.24. The summed E-state index contributed by atoms with van der Waals surface area (Å²) >= 11 is 0. The Labute approximate surface area is 170 Å². The second kappa shape index (κ2) is 8.69. The summed E-state index contributed by atoms with van der Waals surface area (Å²) in [4.78, 5) is 22.8. The molecule has 0 heterocycles. The number of benzene rings is 1. The van der Waals surface area contributed by atoms with Gasteiger partial charge in [0.05, 0.1) is 12.2 Å². The standard InChI is InChI=1S/C16H11F12NO3/c1-2-32-9(30)7-3-5-8(6-4-7)29-11(31)13(21,22)15(25,26)16(27,28)14(23,24)12(19,20)10(17)18/h3-6,10H,2H2,1H3,(H,29,31). The molecular formula is C16H11F12NO3. The lowest BCUT2D eigenvalue weighted by Crippen LogP contribution is -2.70. The molecule has 0 aliphatic carbocycles. The van der Waals surface area contributed by atoms with Gasteiger partial charge in [-0.2, -0.15) is 43.9 Å². The summed E-state index contributed by atoms with van der Waals surface area (Å²) in [5.41, 5.74) is -1.08. The van der Waals surface area contributed by atoms with Crippen LogP contribution in [0.25, 0.3) is 0 Å². The second-order valence-electron chi connectivity index (χ2n) is 5.97. The minimum Gasteiger partial charge on any atom is -0.462 e. The van der Waals surface area contributed by atoms with E-state index < -0.39 is 53.6 Å². The van der Waals surface area contributed by atoms with Gasteiger partial charge in [-0.1, -0.05) is 0 Å². The van der Waals surface area contributed by atoms with Crippen LogP contribution < -0.4 is 5.32 Å². The maximum Gasteiger partial charge on any atom is 0.393 e. The van der Waals surface area contributed by atoms with Crippen molar-refractivity contribution in [2.24, 2.45) is 0 Å². The number of hydrogen-bond acceptors (Lipinski definition) is 3. The number of carbonyl (C=O) groups excluding carboxylic acids is 2. The van der Waals surface area contributed by atoms with E-state index in [1.165, 1.54) is 6.92 Å². The Morgan fingerprint density at radius 3 is 1.72 bits per heavy atom. The average molecular weight is 493 g/mol. The van der Waals surface area contributed by atoms with Crippen LogP contribution in [0, 0.1) is 0 Å². The van der Waals surface area contributed by atoms with Gasteiger partial charge >= 0.3 is 47.9 Å². The highest BCUT2D eigenvalue weighted by Gasteiger charge is 2.89. The first-order chi connectivity index (χ1) is 14.3. The van der Waals surface area contributed by atoms with Crippen molar-refractivity contribution >= 4 is 17.6 Å². The number of alkyl halides is 12. The average Bonchev–Trinajstić information content (AvgIpc) is 2.67. The molecule has 0 aliphatic rings. The fraction of sp³-hybridized carbons (Fsp3) is 0.500. The van der Waals surface area contributed by atoms with Crippen LogP contribution in [0.15, 0.2) is 24.3 Å². The van der Waals surface area contributed by atoms with Crippen LogP contribution in [-0.2, 0) is 9.53 Å². The van der Waals surface area contributed by atoms with Crippen LogP contribution in [0.1, 0.15) is 17.3 Å². The smallest absolute Gasteiger partial charge is 0.393 e. The van der Waals surface area contributed by atoms with Gasteiger partial charge < -0.3 is 10.1 Å². The number of esters is 1. The van der Waals surface area contributed by atoms with Crippen molar-refractivity contribution in [3.63, 3.8) is 0 Å². The summed E-state index contributed by atoms with van der Waals surface area (Å²) in [6.45, 7) is 1.34. The van der Waals surface area contributed by atoms with Crippen LogP contribution in [0.3, 0.4) is 0 Å². The molecule has 1 aromatic carbocycles. The third kappa shape index (κ3) is 4.30. The number of ether oxygens (including phenoxy) is 1. The minimum absolute atomic E-state index is 0.0813. The summed E-state index contributed by atoms with van der Waals surface area (Å²) in [7, 11) is 0. The molecule has 0 aromatic heterocycles. The Kier molecular flexibility index (Phi) is 7.43. The molecular weight excluding hydrogens is 482 g/mol. The normalized spacial score (nSPS) is 13.8. The number of amides is 1.